The lowest BCUT2D eigenvalue weighted by molar-refractivity contribution is -0.154. The minimum Gasteiger partial charge on any atom is -0.497 e. The third kappa shape index (κ3) is 5.95. The van der Waals surface area contributed by atoms with E-state index in [9.17, 15) is 9.59 Å². The first-order chi connectivity index (χ1) is 17.5. The Morgan fingerprint density at radius 1 is 0.889 bits per heavy atom. The SMILES string of the molecule is COc1ccc(CC(Cc2ccc(OC)cc2)N2C(=O)C(NC(C)=O)C2C=Cc2ccccc2)cc1. The molecule has 0 saturated carbocycles. The molecular formula is C30H32N2O4. The number of hydrogen-bond donors (Lipinski definition) is 1. The second-order valence-corrected chi connectivity index (χ2v) is 8.94. The van der Waals surface area contributed by atoms with Gasteiger partial charge in [-0.2, -0.15) is 0 Å². The normalized spacial score (nSPS) is 17.2. The van der Waals surface area contributed by atoms with Crippen molar-refractivity contribution in [1.82, 2.24) is 10.2 Å². The van der Waals surface area contributed by atoms with E-state index in [1.165, 1.54) is 6.92 Å². The summed E-state index contributed by atoms with van der Waals surface area (Å²) < 4.78 is 10.6. The van der Waals surface area contributed by atoms with Crippen molar-refractivity contribution in [3.63, 3.8) is 0 Å². The van der Waals surface area contributed by atoms with Crippen molar-refractivity contribution in [3.8, 4) is 11.5 Å². The molecule has 0 aromatic heterocycles. The summed E-state index contributed by atoms with van der Waals surface area (Å²) in [5, 5.41) is 2.84. The van der Waals surface area contributed by atoms with Crippen LogP contribution in [0.5, 0.6) is 11.5 Å². The summed E-state index contributed by atoms with van der Waals surface area (Å²) in [4.78, 5) is 27.2. The number of likely N-dealkylation sites (tertiary alicyclic amines) is 1. The van der Waals surface area contributed by atoms with Gasteiger partial charge in [-0.15, -0.1) is 0 Å². The predicted octanol–water partition coefficient (Wildman–Crippen LogP) is 4.29. The second-order valence-electron chi connectivity index (χ2n) is 8.94. The molecule has 1 aliphatic rings. The molecule has 1 N–H and O–H groups in total. The Bertz CT molecular complexity index is 1140. The van der Waals surface area contributed by atoms with Crippen LogP contribution in [-0.2, 0) is 22.4 Å². The predicted molar refractivity (Wildman–Crippen MR) is 141 cm³/mol. The van der Waals surface area contributed by atoms with E-state index < -0.39 is 6.04 Å². The molecule has 0 bridgehead atoms. The zero-order valence-electron chi connectivity index (χ0n) is 20.9. The third-order valence-electron chi connectivity index (χ3n) is 6.48. The zero-order valence-corrected chi connectivity index (χ0v) is 20.9. The van der Waals surface area contributed by atoms with E-state index in [1.807, 2.05) is 95.9 Å². The van der Waals surface area contributed by atoms with E-state index in [0.29, 0.717) is 12.8 Å². The van der Waals surface area contributed by atoms with Crippen molar-refractivity contribution in [1.29, 1.82) is 0 Å². The summed E-state index contributed by atoms with van der Waals surface area (Å²) in [7, 11) is 3.29. The van der Waals surface area contributed by atoms with Gasteiger partial charge in [-0.05, 0) is 53.8 Å². The van der Waals surface area contributed by atoms with E-state index >= 15 is 0 Å². The van der Waals surface area contributed by atoms with Crippen molar-refractivity contribution in [2.75, 3.05) is 14.2 Å². The highest BCUT2D eigenvalue weighted by atomic mass is 16.5. The van der Waals surface area contributed by atoms with Crippen molar-refractivity contribution in [2.24, 2.45) is 0 Å². The number of nitrogens with one attached hydrogen (secondary N) is 1. The summed E-state index contributed by atoms with van der Waals surface area (Å²) in [6, 6.07) is 24.9. The van der Waals surface area contributed by atoms with Crippen LogP contribution in [0.25, 0.3) is 6.08 Å². The standard InChI is InChI=1S/C30H32N2O4/c1-21(33)31-29-28(18-13-22-7-5-4-6-8-22)32(30(29)34)25(19-23-9-14-26(35-2)15-10-23)20-24-11-16-27(36-3)17-12-24/h4-18,25,28-29H,19-20H2,1-3H3,(H,31,33). The van der Waals surface area contributed by atoms with Gasteiger partial charge in [0.25, 0.3) is 0 Å². The molecule has 0 radical (unpaired) electrons. The number of β-lactam (4-membered cyclic amide) rings is 1. The molecule has 2 unspecified atom stereocenters. The molecular weight excluding hydrogens is 452 g/mol. The Hall–Kier alpha value is -4.06. The average Bonchev–Trinajstić information content (AvgIpc) is 2.90. The van der Waals surface area contributed by atoms with Gasteiger partial charge in [-0.25, -0.2) is 0 Å². The Balaban J connectivity index is 1.64. The maximum atomic E-state index is 13.4. The summed E-state index contributed by atoms with van der Waals surface area (Å²) >= 11 is 0. The smallest absolute Gasteiger partial charge is 0.248 e. The fourth-order valence-corrected chi connectivity index (χ4v) is 4.64. The van der Waals surface area contributed by atoms with E-state index in [4.69, 9.17) is 9.47 Å². The molecule has 1 saturated heterocycles. The highest BCUT2D eigenvalue weighted by Crippen LogP contribution is 2.30. The van der Waals surface area contributed by atoms with Gasteiger partial charge in [-0.3, -0.25) is 9.59 Å². The van der Waals surface area contributed by atoms with Crippen molar-refractivity contribution < 1.29 is 19.1 Å². The quantitative estimate of drug-likeness (QED) is 0.436. The van der Waals surface area contributed by atoms with Crippen LogP contribution in [0.3, 0.4) is 0 Å². The number of hydrogen-bond acceptors (Lipinski definition) is 4. The molecule has 2 atom stereocenters. The van der Waals surface area contributed by atoms with Gasteiger partial charge in [0.2, 0.25) is 11.8 Å². The molecule has 0 aliphatic carbocycles. The van der Waals surface area contributed by atoms with Gasteiger partial charge >= 0.3 is 0 Å². The monoisotopic (exact) mass is 484 g/mol. The molecule has 1 fully saturated rings. The van der Waals surface area contributed by atoms with E-state index in [-0.39, 0.29) is 23.9 Å². The second kappa shape index (κ2) is 11.6. The summed E-state index contributed by atoms with van der Waals surface area (Å²) in [5.74, 6) is 1.30. The molecule has 1 heterocycles. The minimum atomic E-state index is -0.573. The molecule has 2 amide bonds. The lowest BCUT2D eigenvalue weighted by atomic mass is 9.87. The molecule has 186 valence electrons. The summed E-state index contributed by atoms with van der Waals surface area (Å²) in [5.41, 5.74) is 3.26. The largest absolute Gasteiger partial charge is 0.497 e. The van der Waals surface area contributed by atoms with Crippen LogP contribution in [0.2, 0.25) is 0 Å². The lowest BCUT2D eigenvalue weighted by Gasteiger charge is -2.50. The van der Waals surface area contributed by atoms with Crippen LogP contribution in [-0.4, -0.2) is 49.1 Å². The molecule has 6 nitrogen and oxygen atoms in total. The highest BCUT2D eigenvalue weighted by Gasteiger charge is 2.49. The minimum absolute atomic E-state index is 0.0695. The van der Waals surface area contributed by atoms with Gasteiger partial charge < -0.3 is 19.7 Å². The molecule has 0 spiro atoms. The number of methoxy groups -OCH3 is 2. The van der Waals surface area contributed by atoms with Gasteiger partial charge in [0.1, 0.15) is 17.5 Å². The number of benzene rings is 3. The fraction of sp³-hybridized carbons (Fsp3) is 0.267. The average molecular weight is 485 g/mol. The number of amides is 2. The number of carbonyl (C=O) groups excluding carboxylic acids is 2. The lowest BCUT2D eigenvalue weighted by Crippen LogP contribution is -2.72. The first-order valence-electron chi connectivity index (χ1n) is 12.1. The maximum Gasteiger partial charge on any atom is 0.248 e. The van der Waals surface area contributed by atoms with Crippen LogP contribution in [0.1, 0.15) is 23.6 Å². The molecule has 3 aromatic carbocycles. The van der Waals surface area contributed by atoms with Crippen molar-refractivity contribution in [2.45, 2.75) is 37.9 Å². The molecule has 36 heavy (non-hydrogen) atoms. The van der Waals surface area contributed by atoms with Crippen LogP contribution in [0, 0.1) is 0 Å². The molecule has 3 aromatic rings. The Labute approximate surface area is 212 Å². The first kappa shape index (κ1) is 25.0. The third-order valence-corrected chi connectivity index (χ3v) is 6.48. The Kier molecular flexibility index (Phi) is 8.06. The Morgan fingerprint density at radius 2 is 1.42 bits per heavy atom. The van der Waals surface area contributed by atoms with Crippen molar-refractivity contribution in [3.05, 3.63) is 102 Å². The van der Waals surface area contributed by atoms with Gasteiger partial charge in [0.15, 0.2) is 0 Å². The summed E-state index contributed by atoms with van der Waals surface area (Å²) in [6.07, 6.45) is 5.37. The van der Waals surface area contributed by atoms with Crippen LogP contribution in [0.15, 0.2) is 84.9 Å². The van der Waals surface area contributed by atoms with Gasteiger partial charge in [0, 0.05) is 13.0 Å². The van der Waals surface area contributed by atoms with Crippen LogP contribution < -0.4 is 14.8 Å². The molecule has 1 aliphatic heterocycles. The summed E-state index contributed by atoms with van der Waals surface area (Å²) in [6.45, 7) is 1.44. The number of rotatable bonds is 10. The van der Waals surface area contributed by atoms with Gasteiger partial charge in [0.05, 0.1) is 20.3 Å². The molecule has 4 rings (SSSR count). The van der Waals surface area contributed by atoms with Crippen molar-refractivity contribution >= 4 is 17.9 Å². The maximum absolute atomic E-state index is 13.4. The highest BCUT2D eigenvalue weighted by molar-refractivity contribution is 5.94. The van der Waals surface area contributed by atoms with Crippen LogP contribution >= 0.6 is 0 Å². The number of carbonyl (C=O) groups is 2. The van der Waals surface area contributed by atoms with E-state index in [2.05, 4.69) is 5.32 Å². The van der Waals surface area contributed by atoms with E-state index in [0.717, 1.165) is 28.2 Å². The zero-order chi connectivity index (χ0) is 25.5. The first-order valence-corrected chi connectivity index (χ1v) is 12.1. The van der Waals surface area contributed by atoms with Gasteiger partial charge in [-0.1, -0.05) is 66.7 Å². The fourth-order valence-electron chi connectivity index (χ4n) is 4.64. The Morgan fingerprint density at radius 3 is 1.89 bits per heavy atom. The van der Waals surface area contributed by atoms with Crippen LogP contribution in [0.4, 0.5) is 0 Å². The topological polar surface area (TPSA) is 67.9 Å². The number of nitrogens with zero attached hydrogens (tertiary/aromatic N) is 1. The number of ether oxygens (including phenoxy) is 2. The van der Waals surface area contributed by atoms with E-state index in [1.54, 1.807) is 14.2 Å². The molecule has 6 heteroatoms.